The average molecular weight is 345 g/mol. The Morgan fingerprint density at radius 1 is 1.17 bits per heavy atom. The summed E-state index contributed by atoms with van der Waals surface area (Å²) in [6.07, 6.45) is 4.12. The molecule has 2 fully saturated rings. The van der Waals surface area contributed by atoms with Gasteiger partial charge in [-0.2, -0.15) is 0 Å². The zero-order valence-electron chi connectivity index (χ0n) is 13.0. The SMILES string of the molecule is COc1ccc([C@H]2c3sc(=O)[nH]c3S[C@H]3[C@H]4CC[C@H](C4)[C@@H]23)cc1. The Morgan fingerprint density at radius 2 is 1.96 bits per heavy atom. The summed E-state index contributed by atoms with van der Waals surface area (Å²) >= 11 is 3.36. The van der Waals surface area contributed by atoms with E-state index < -0.39 is 0 Å². The fourth-order valence-corrected chi connectivity index (χ4v) is 7.93. The summed E-state index contributed by atoms with van der Waals surface area (Å²) < 4.78 is 5.31. The first-order valence-corrected chi connectivity index (χ1v) is 9.98. The van der Waals surface area contributed by atoms with Crippen LogP contribution in [0, 0.1) is 17.8 Å². The zero-order chi connectivity index (χ0) is 15.6. The number of rotatable bonds is 2. The molecule has 23 heavy (non-hydrogen) atoms. The smallest absolute Gasteiger partial charge is 0.305 e. The summed E-state index contributed by atoms with van der Waals surface area (Å²) in [5.41, 5.74) is 1.34. The number of thiazole rings is 1. The molecule has 1 N–H and O–H groups in total. The molecule has 1 aromatic carbocycles. The number of ether oxygens (including phenoxy) is 1. The Kier molecular flexibility index (Phi) is 3.17. The highest BCUT2D eigenvalue weighted by atomic mass is 32.2. The van der Waals surface area contributed by atoms with Gasteiger partial charge in [0.25, 0.3) is 0 Å². The van der Waals surface area contributed by atoms with Gasteiger partial charge in [0.2, 0.25) is 0 Å². The van der Waals surface area contributed by atoms with Gasteiger partial charge in [0.05, 0.1) is 12.1 Å². The molecule has 5 heteroatoms. The summed E-state index contributed by atoms with van der Waals surface area (Å²) in [7, 11) is 1.70. The first kappa shape index (κ1) is 14.2. The van der Waals surface area contributed by atoms with Crippen LogP contribution in [-0.4, -0.2) is 17.3 Å². The third-order valence-corrected chi connectivity index (χ3v) is 8.56. The second-order valence-corrected chi connectivity index (χ2v) is 9.15. The Labute approximate surface area is 143 Å². The van der Waals surface area contributed by atoms with Crippen molar-refractivity contribution in [3.05, 3.63) is 44.4 Å². The molecule has 2 aliphatic carbocycles. The van der Waals surface area contributed by atoms with E-state index in [1.165, 1.54) is 41.0 Å². The Morgan fingerprint density at radius 3 is 2.74 bits per heavy atom. The monoisotopic (exact) mass is 345 g/mol. The molecule has 1 aromatic heterocycles. The van der Waals surface area contributed by atoms with Gasteiger partial charge in [-0.25, -0.2) is 0 Å². The lowest BCUT2D eigenvalue weighted by Gasteiger charge is -2.40. The number of nitrogens with one attached hydrogen (secondary N) is 1. The van der Waals surface area contributed by atoms with Crippen molar-refractivity contribution in [3.63, 3.8) is 0 Å². The molecule has 120 valence electrons. The topological polar surface area (TPSA) is 42.1 Å². The van der Waals surface area contributed by atoms with Crippen LogP contribution in [-0.2, 0) is 0 Å². The van der Waals surface area contributed by atoms with Crippen LogP contribution in [0.2, 0.25) is 0 Å². The summed E-state index contributed by atoms with van der Waals surface area (Å²) in [5.74, 6) is 3.63. The number of aromatic amines is 1. The molecular weight excluding hydrogens is 326 g/mol. The Bertz CT molecular complexity index is 794. The molecular formula is C18H19NO2S2. The second-order valence-electron chi connectivity index (χ2n) is 6.95. The van der Waals surface area contributed by atoms with Gasteiger partial charge in [-0.1, -0.05) is 23.5 Å². The lowest BCUT2D eigenvalue weighted by atomic mass is 9.75. The number of H-pyrrole nitrogens is 1. The van der Waals surface area contributed by atoms with Gasteiger partial charge >= 0.3 is 4.87 Å². The van der Waals surface area contributed by atoms with Gasteiger partial charge in [0.15, 0.2) is 0 Å². The molecule has 5 rings (SSSR count). The van der Waals surface area contributed by atoms with Gasteiger partial charge < -0.3 is 9.72 Å². The number of hydrogen-bond acceptors (Lipinski definition) is 4. The third-order valence-electron chi connectivity index (χ3n) is 5.94. The maximum absolute atomic E-state index is 12.0. The minimum absolute atomic E-state index is 0.0910. The average Bonchev–Trinajstić information content (AvgIpc) is 3.26. The van der Waals surface area contributed by atoms with Crippen molar-refractivity contribution < 1.29 is 4.74 Å². The predicted molar refractivity (Wildman–Crippen MR) is 93.7 cm³/mol. The molecule has 5 atom stereocenters. The third kappa shape index (κ3) is 2.06. The zero-order valence-corrected chi connectivity index (χ0v) is 14.6. The van der Waals surface area contributed by atoms with E-state index in [1.807, 2.05) is 23.9 Å². The highest BCUT2D eigenvalue weighted by Gasteiger charge is 2.54. The van der Waals surface area contributed by atoms with Crippen molar-refractivity contribution in [2.75, 3.05) is 7.11 Å². The highest BCUT2D eigenvalue weighted by Crippen LogP contribution is 2.63. The van der Waals surface area contributed by atoms with E-state index in [1.54, 1.807) is 7.11 Å². The fraction of sp³-hybridized carbons (Fsp3) is 0.500. The highest BCUT2D eigenvalue weighted by molar-refractivity contribution is 8.00. The quantitative estimate of drug-likeness (QED) is 0.891. The summed E-state index contributed by atoms with van der Waals surface area (Å²) in [5, 5.41) is 1.81. The molecule has 2 saturated carbocycles. The molecule has 2 bridgehead atoms. The van der Waals surface area contributed by atoms with Crippen molar-refractivity contribution in [2.45, 2.75) is 35.5 Å². The van der Waals surface area contributed by atoms with Crippen molar-refractivity contribution in [1.82, 2.24) is 4.98 Å². The van der Waals surface area contributed by atoms with Crippen LogP contribution in [0.25, 0.3) is 0 Å². The lowest BCUT2D eigenvalue weighted by Crippen LogP contribution is -2.33. The van der Waals surface area contributed by atoms with Crippen LogP contribution in [0.1, 0.15) is 35.6 Å². The lowest BCUT2D eigenvalue weighted by molar-refractivity contribution is 0.307. The van der Waals surface area contributed by atoms with E-state index in [0.717, 1.165) is 22.6 Å². The number of aromatic nitrogens is 1. The van der Waals surface area contributed by atoms with Crippen LogP contribution in [0.3, 0.4) is 0 Å². The van der Waals surface area contributed by atoms with Gasteiger partial charge in [-0.15, -0.1) is 11.8 Å². The number of thioether (sulfide) groups is 1. The van der Waals surface area contributed by atoms with Crippen LogP contribution in [0.15, 0.2) is 34.1 Å². The minimum atomic E-state index is 0.0910. The Balaban J connectivity index is 1.64. The molecule has 0 radical (unpaired) electrons. The van der Waals surface area contributed by atoms with Crippen molar-refractivity contribution in [1.29, 1.82) is 0 Å². The Hall–Kier alpha value is -1.20. The molecule has 3 nitrogen and oxygen atoms in total. The number of hydrogen-bond donors (Lipinski definition) is 1. The van der Waals surface area contributed by atoms with Crippen LogP contribution in [0.4, 0.5) is 0 Å². The van der Waals surface area contributed by atoms with Crippen LogP contribution in [0.5, 0.6) is 5.75 Å². The van der Waals surface area contributed by atoms with Crippen molar-refractivity contribution in [3.8, 4) is 5.75 Å². The van der Waals surface area contributed by atoms with E-state index in [2.05, 4.69) is 17.1 Å². The van der Waals surface area contributed by atoms with E-state index in [4.69, 9.17) is 4.74 Å². The summed E-state index contributed by atoms with van der Waals surface area (Å²) in [6.45, 7) is 0. The van der Waals surface area contributed by atoms with Gasteiger partial charge in [-0.05, 0) is 54.7 Å². The van der Waals surface area contributed by atoms with Crippen molar-refractivity contribution in [2.24, 2.45) is 17.8 Å². The van der Waals surface area contributed by atoms with Gasteiger partial charge in [0.1, 0.15) is 5.75 Å². The maximum Gasteiger partial charge on any atom is 0.305 e. The van der Waals surface area contributed by atoms with E-state index in [9.17, 15) is 4.79 Å². The molecule has 0 unspecified atom stereocenters. The van der Waals surface area contributed by atoms with Crippen LogP contribution >= 0.6 is 23.1 Å². The summed E-state index contributed by atoms with van der Waals surface area (Å²) in [6, 6.07) is 8.48. The standard InChI is InChI=1S/C18H19NO2S2/c1-21-12-6-4-9(5-7-12)13-14-10-2-3-11(8-10)15(14)22-17-16(13)23-18(20)19-17/h4-7,10-11,13-15H,2-3,8H2,1H3,(H,19,20)/t10-,11+,13-,14+,15+/m1/s1. The van der Waals surface area contributed by atoms with E-state index in [0.29, 0.717) is 17.1 Å². The van der Waals surface area contributed by atoms with Crippen LogP contribution < -0.4 is 9.61 Å². The molecule has 3 aliphatic rings. The number of fused-ring (bicyclic) bond motifs is 6. The molecule has 1 aliphatic heterocycles. The molecule has 0 amide bonds. The largest absolute Gasteiger partial charge is 0.497 e. The van der Waals surface area contributed by atoms with Gasteiger partial charge in [0, 0.05) is 16.0 Å². The fourth-order valence-electron chi connectivity index (χ4n) is 5.03. The first-order chi connectivity index (χ1) is 11.2. The number of benzene rings is 1. The summed E-state index contributed by atoms with van der Waals surface area (Å²) in [4.78, 5) is 16.4. The van der Waals surface area contributed by atoms with Crippen molar-refractivity contribution >= 4 is 23.1 Å². The van der Waals surface area contributed by atoms with Gasteiger partial charge in [-0.3, -0.25) is 4.79 Å². The first-order valence-electron chi connectivity index (χ1n) is 8.28. The van der Waals surface area contributed by atoms with E-state index in [-0.39, 0.29) is 4.87 Å². The minimum Gasteiger partial charge on any atom is -0.497 e. The number of methoxy groups -OCH3 is 1. The van der Waals surface area contributed by atoms with E-state index >= 15 is 0 Å². The molecule has 2 heterocycles. The molecule has 0 saturated heterocycles. The normalized spacial score (nSPS) is 34.2. The maximum atomic E-state index is 12.0. The second kappa shape index (κ2) is 5.15. The molecule has 2 aromatic rings. The molecule has 0 spiro atoms. The predicted octanol–water partition coefficient (Wildman–Crippen LogP) is 4.10.